The second-order valence-corrected chi connectivity index (χ2v) is 4.26. The molecule has 108 valence electrons. The van der Waals surface area contributed by atoms with E-state index >= 15 is 0 Å². The van der Waals surface area contributed by atoms with Gasteiger partial charge >= 0.3 is 11.9 Å². The first-order valence-electron chi connectivity index (χ1n) is 6.14. The number of carbonyl (C=O) groups excluding carboxylic acids is 3. The SMILES string of the molecule is CCOC(=O)C(=O)[C@H](C(=O)OCC)c1ccc(Cl)cc1. The molecule has 0 bridgehead atoms. The standard InChI is InChI=1S/C14H15ClO5/c1-3-19-13(17)11(12(16)14(18)20-4-2)9-5-7-10(15)8-6-9/h5-8,11H,3-4H2,1-2H3/t11-/m1/s1. The number of benzene rings is 1. The lowest BCUT2D eigenvalue weighted by Gasteiger charge is -2.14. The van der Waals surface area contributed by atoms with Crippen LogP contribution >= 0.6 is 11.6 Å². The van der Waals surface area contributed by atoms with Crippen molar-refractivity contribution in [3.05, 3.63) is 34.9 Å². The molecule has 0 heterocycles. The number of carbonyl (C=O) groups is 3. The van der Waals surface area contributed by atoms with E-state index in [1.807, 2.05) is 0 Å². The van der Waals surface area contributed by atoms with Crippen LogP contribution in [0.15, 0.2) is 24.3 Å². The quantitative estimate of drug-likeness (QED) is 0.457. The highest BCUT2D eigenvalue weighted by atomic mass is 35.5. The number of rotatable bonds is 6. The van der Waals surface area contributed by atoms with Gasteiger partial charge in [0.25, 0.3) is 5.78 Å². The molecule has 20 heavy (non-hydrogen) atoms. The molecule has 6 heteroatoms. The zero-order valence-corrected chi connectivity index (χ0v) is 12.0. The van der Waals surface area contributed by atoms with E-state index in [1.54, 1.807) is 13.8 Å². The summed E-state index contributed by atoms with van der Waals surface area (Å²) in [5.41, 5.74) is 0.339. The Hall–Kier alpha value is -1.88. The molecule has 5 nitrogen and oxygen atoms in total. The maximum atomic E-state index is 12.0. The van der Waals surface area contributed by atoms with Gasteiger partial charge in [0.2, 0.25) is 0 Å². The minimum Gasteiger partial charge on any atom is -0.465 e. The van der Waals surface area contributed by atoms with Crippen LogP contribution in [0.1, 0.15) is 25.3 Å². The zero-order chi connectivity index (χ0) is 15.1. The first kappa shape index (κ1) is 16.2. The first-order chi connectivity index (χ1) is 9.51. The molecule has 0 radical (unpaired) electrons. The van der Waals surface area contributed by atoms with Crippen LogP contribution < -0.4 is 0 Å². The fourth-order valence-electron chi connectivity index (χ4n) is 1.60. The summed E-state index contributed by atoms with van der Waals surface area (Å²) in [5, 5.41) is 0.458. The lowest BCUT2D eigenvalue weighted by Crippen LogP contribution is -2.31. The Kier molecular flexibility index (Phi) is 6.18. The molecular formula is C14H15ClO5. The Bertz CT molecular complexity index is 495. The van der Waals surface area contributed by atoms with Gasteiger partial charge in [-0.25, -0.2) is 4.79 Å². The number of ether oxygens (including phenoxy) is 2. The molecule has 1 aromatic rings. The van der Waals surface area contributed by atoms with Gasteiger partial charge in [0.15, 0.2) is 5.92 Å². The average molecular weight is 299 g/mol. The van der Waals surface area contributed by atoms with Gasteiger partial charge in [-0.15, -0.1) is 0 Å². The van der Waals surface area contributed by atoms with E-state index in [4.69, 9.17) is 16.3 Å². The van der Waals surface area contributed by atoms with Crippen molar-refractivity contribution in [2.45, 2.75) is 19.8 Å². The van der Waals surface area contributed by atoms with Crippen molar-refractivity contribution in [2.24, 2.45) is 0 Å². The lowest BCUT2D eigenvalue weighted by molar-refractivity contribution is -0.159. The Morgan fingerprint density at radius 1 is 1.05 bits per heavy atom. The van der Waals surface area contributed by atoms with Crippen LogP contribution in [0.4, 0.5) is 0 Å². The van der Waals surface area contributed by atoms with Gasteiger partial charge < -0.3 is 9.47 Å². The molecule has 0 N–H and O–H groups in total. The molecule has 0 aromatic heterocycles. The van der Waals surface area contributed by atoms with E-state index in [-0.39, 0.29) is 13.2 Å². The third-order valence-corrected chi connectivity index (χ3v) is 2.72. The molecule has 0 saturated carbocycles. The highest BCUT2D eigenvalue weighted by molar-refractivity contribution is 6.39. The maximum Gasteiger partial charge on any atom is 0.375 e. The fraction of sp³-hybridized carbons (Fsp3) is 0.357. The van der Waals surface area contributed by atoms with E-state index < -0.39 is 23.6 Å². The number of hydrogen-bond acceptors (Lipinski definition) is 5. The van der Waals surface area contributed by atoms with Gasteiger partial charge in [0, 0.05) is 5.02 Å². The smallest absolute Gasteiger partial charge is 0.375 e. The van der Waals surface area contributed by atoms with E-state index in [0.29, 0.717) is 10.6 Å². The van der Waals surface area contributed by atoms with Gasteiger partial charge in [-0.05, 0) is 31.5 Å². The van der Waals surface area contributed by atoms with Crippen molar-refractivity contribution in [3.63, 3.8) is 0 Å². The summed E-state index contributed by atoms with van der Waals surface area (Å²) < 4.78 is 9.47. The van der Waals surface area contributed by atoms with Crippen LogP contribution in [-0.4, -0.2) is 30.9 Å². The molecule has 0 aliphatic heterocycles. The van der Waals surface area contributed by atoms with Crippen LogP contribution in [0.3, 0.4) is 0 Å². The Labute approximate surface area is 121 Å². The summed E-state index contributed by atoms with van der Waals surface area (Å²) >= 11 is 5.76. The minimum atomic E-state index is -1.33. The summed E-state index contributed by atoms with van der Waals surface area (Å²) in [4.78, 5) is 35.4. The fourth-order valence-corrected chi connectivity index (χ4v) is 1.72. The second kappa shape index (κ2) is 7.65. The molecule has 0 fully saturated rings. The third kappa shape index (κ3) is 4.06. The molecule has 0 aliphatic rings. The topological polar surface area (TPSA) is 69.7 Å². The van der Waals surface area contributed by atoms with Crippen LogP contribution in [-0.2, 0) is 23.9 Å². The Morgan fingerprint density at radius 2 is 1.60 bits per heavy atom. The number of hydrogen-bond donors (Lipinski definition) is 0. The predicted octanol–water partition coefficient (Wildman–Crippen LogP) is 2.12. The first-order valence-corrected chi connectivity index (χ1v) is 6.52. The largest absolute Gasteiger partial charge is 0.465 e. The Morgan fingerprint density at radius 3 is 2.10 bits per heavy atom. The van der Waals surface area contributed by atoms with Crippen molar-refractivity contribution in [3.8, 4) is 0 Å². The van der Waals surface area contributed by atoms with Crippen molar-refractivity contribution in [1.29, 1.82) is 0 Å². The average Bonchev–Trinajstić information content (AvgIpc) is 2.41. The van der Waals surface area contributed by atoms with Crippen molar-refractivity contribution < 1.29 is 23.9 Å². The summed E-state index contributed by atoms with van der Waals surface area (Å²) in [6.07, 6.45) is 0. The monoisotopic (exact) mass is 298 g/mol. The van der Waals surface area contributed by atoms with E-state index in [0.717, 1.165) is 0 Å². The van der Waals surface area contributed by atoms with Gasteiger partial charge in [-0.3, -0.25) is 9.59 Å². The normalized spacial score (nSPS) is 11.6. The van der Waals surface area contributed by atoms with Gasteiger partial charge in [-0.2, -0.15) is 0 Å². The van der Waals surface area contributed by atoms with Crippen LogP contribution in [0.25, 0.3) is 0 Å². The molecule has 1 rings (SSSR count). The number of Topliss-reactive ketones (excluding diaryl/α,β-unsaturated/α-hetero) is 1. The number of ketones is 1. The zero-order valence-electron chi connectivity index (χ0n) is 11.2. The molecule has 0 unspecified atom stereocenters. The third-order valence-electron chi connectivity index (χ3n) is 2.46. The van der Waals surface area contributed by atoms with Crippen LogP contribution in [0.2, 0.25) is 5.02 Å². The van der Waals surface area contributed by atoms with Crippen molar-refractivity contribution in [2.75, 3.05) is 13.2 Å². The molecule has 0 saturated heterocycles. The van der Waals surface area contributed by atoms with E-state index in [1.165, 1.54) is 24.3 Å². The molecule has 0 spiro atoms. The molecular weight excluding hydrogens is 284 g/mol. The highest BCUT2D eigenvalue weighted by Gasteiger charge is 2.35. The van der Waals surface area contributed by atoms with Crippen molar-refractivity contribution in [1.82, 2.24) is 0 Å². The van der Waals surface area contributed by atoms with E-state index in [2.05, 4.69) is 4.74 Å². The number of esters is 2. The van der Waals surface area contributed by atoms with Gasteiger partial charge in [0.1, 0.15) is 0 Å². The summed E-state index contributed by atoms with van der Waals surface area (Å²) in [6.45, 7) is 3.36. The van der Waals surface area contributed by atoms with Gasteiger partial charge in [-0.1, -0.05) is 23.7 Å². The predicted molar refractivity (Wildman–Crippen MR) is 72.5 cm³/mol. The Balaban J connectivity index is 3.08. The second-order valence-electron chi connectivity index (χ2n) is 3.82. The molecule has 0 amide bonds. The highest BCUT2D eigenvalue weighted by Crippen LogP contribution is 2.21. The van der Waals surface area contributed by atoms with Crippen LogP contribution in [0, 0.1) is 0 Å². The van der Waals surface area contributed by atoms with Gasteiger partial charge in [0.05, 0.1) is 13.2 Å². The van der Waals surface area contributed by atoms with E-state index in [9.17, 15) is 14.4 Å². The summed E-state index contributed by atoms with van der Waals surface area (Å²) in [6, 6.07) is 6.06. The minimum absolute atomic E-state index is 0.0563. The molecule has 1 atom stereocenters. The maximum absolute atomic E-state index is 12.0. The number of halogens is 1. The summed E-state index contributed by atoms with van der Waals surface area (Å²) in [5.74, 6) is -4.12. The molecule has 0 aliphatic carbocycles. The molecule has 1 aromatic carbocycles. The lowest BCUT2D eigenvalue weighted by atomic mass is 9.94. The van der Waals surface area contributed by atoms with Crippen LogP contribution in [0.5, 0.6) is 0 Å². The van der Waals surface area contributed by atoms with Crippen molar-refractivity contribution >= 4 is 29.3 Å². The summed E-state index contributed by atoms with van der Waals surface area (Å²) in [7, 11) is 0.